The molecule has 1 aliphatic carbocycles. The molecule has 1 aromatic carbocycles. The van der Waals surface area contributed by atoms with Crippen molar-refractivity contribution >= 4 is 5.69 Å². The van der Waals surface area contributed by atoms with Gasteiger partial charge >= 0.3 is 0 Å². The number of hydrogen-bond acceptors (Lipinski definition) is 2. The molecule has 0 spiro atoms. The third kappa shape index (κ3) is 2.66. The Balaban J connectivity index is 2.31. The van der Waals surface area contributed by atoms with Gasteiger partial charge in [0, 0.05) is 30.4 Å². The van der Waals surface area contributed by atoms with Crippen molar-refractivity contribution in [2.75, 3.05) is 18.5 Å². The summed E-state index contributed by atoms with van der Waals surface area (Å²) < 4.78 is 14.0. The van der Waals surface area contributed by atoms with Gasteiger partial charge in [-0.05, 0) is 38.9 Å². The standard InChI is InChI=1S/C15H23FN2/c1-3-18(12-7-4-5-8-12)15-10-6-9-14(16)13(15)11-17-2/h6,9-10,12,17H,3-5,7-8,11H2,1-2H3. The van der Waals surface area contributed by atoms with Crippen LogP contribution in [0.15, 0.2) is 18.2 Å². The van der Waals surface area contributed by atoms with Crippen LogP contribution in [0.1, 0.15) is 38.2 Å². The third-order valence-electron chi connectivity index (χ3n) is 3.86. The Hall–Kier alpha value is -1.09. The van der Waals surface area contributed by atoms with Crippen LogP contribution in [0.5, 0.6) is 0 Å². The normalized spacial score (nSPS) is 16.2. The predicted octanol–water partition coefficient (Wildman–Crippen LogP) is 3.31. The van der Waals surface area contributed by atoms with Gasteiger partial charge in [0.05, 0.1) is 0 Å². The van der Waals surface area contributed by atoms with Crippen LogP contribution in [0.4, 0.5) is 10.1 Å². The fourth-order valence-electron chi connectivity index (χ4n) is 3.01. The minimum Gasteiger partial charge on any atom is -0.368 e. The highest BCUT2D eigenvalue weighted by molar-refractivity contribution is 5.55. The Kier molecular flexibility index (Phi) is 4.59. The molecule has 2 rings (SSSR count). The van der Waals surface area contributed by atoms with E-state index in [1.165, 1.54) is 25.7 Å². The molecular weight excluding hydrogens is 227 g/mol. The van der Waals surface area contributed by atoms with Gasteiger partial charge < -0.3 is 10.2 Å². The Morgan fingerprint density at radius 1 is 1.33 bits per heavy atom. The summed E-state index contributed by atoms with van der Waals surface area (Å²) in [5.74, 6) is -0.0988. The van der Waals surface area contributed by atoms with Gasteiger partial charge in [0.15, 0.2) is 0 Å². The molecule has 0 aromatic heterocycles. The van der Waals surface area contributed by atoms with Crippen molar-refractivity contribution in [2.45, 2.75) is 45.2 Å². The predicted molar refractivity (Wildman–Crippen MR) is 74.4 cm³/mol. The van der Waals surface area contributed by atoms with Gasteiger partial charge in [-0.25, -0.2) is 4.39 Å². The average molecular weight is 250 g/mol. The van der Waals surface area contributed by atoms with Crippen LogP contribution in [0.25, 0.3) is 0 Å². The van der Waals surface area contributed by atoms with E-state index in [1.807, 2.05) is 13.1 Å². The second-order valence-corrected chi connectivity index (χ2v) is 4.99. The fraction of sp³-hybridized carbons (Fsp3) is 0.600. The summed E-state index contributed by atoms with van der Waals surface area (Å²) in [6.07, 6.45) is 5.09. The first-order chi connectivity index (χ1) is 8.77. The Labute approximate surface area is 109 Å². The molecule has 18 heavy (non-hydrogen) atoms. The monoisotopic (exact) mass is 250 g/mol. The largest absolute Gasteiger partial charge is 0.368 e. The molecule has 1 aromatic rings. The Morgan fingerprint density at radius 2 is 2.06 bits per heavy atom. The van der Waals surface area contributed by atoms with Crippen LogP contribution in [-0.2, 0) is 6.54 Å². The number of anilines is 1. The molecule has 1 saturated carbocycles. The van der Waals surface area contributed by atoms with Crippen molar-refractivity contribution in [3.8, 4) is 0 Å². The lowest BCUT2D eigenvalue weighted by Gasteiger charge is -2.32. The van der Waals surface area contributed by atoms with Gasteiger partial charge in [-0.15, -0.1) is 0 Å². The van der Waals surface area contributed by atoms with Crippen molar-refractivity contribution < 1.29 is 4.39 Å². The van der Waals surface area contributed by atoms with E-state index in [-0.39, 0.29) is 5.82 Å². The van der Waals surface area contributed by atoms with Crippen molar-refractivity contribution in [3.63, 3.8) is 0 Å². The molecule has 100 valence electrons. The maximum atomic E-state index is 14.0. The first-order valence-electron chi connectivity index (χ1n) is 6.96. The summed E-state index contributed by atoms with van der Waals surface area (Å²) in [6.45, 7) is 3.70. The first-order valence-corrected chi connectivity index (χ1v) is 6.96. The van der Waals surface area contributed by atoms with Crippen LogP contribution >= 0.6 is 0 Å². The van der Waals surface area contributed by atoms with Crippen LogP contribution in [0.3, 0.4) is 0 Å². The highest BCUT2D eigenvalue weighted by Crippen LogP contribution is 2.31. The molecule has 1 aliphatic rings. The zero-order valence-electron chi connectivity index (χ0n) is 11.4. The number of nitrogens with zero attached hydrogens (tertiary/aromatic N) is 1. The van der Waals surface area contributed by atoms with Gasteiger partial charge in [-0.1, -0.05) is 18.9 Å². The number of nitrogens with one attached hydrogen (secondary N) is 1. The zero-order valence-corrected chi connectivity index (χ0v) is 11.4. The molecule has 3 heteroatoms. The minimum absolute atomic E-state index is 0.0988. The second-order valence-electron chi connectivity index (χ2n) is 4.99. The number of benzene rings is 1. The molecule has 0 atom stereocenters. The fourth-order valence-corrected chi connectivity index (χ4v) is 3.01. The summed E-state index contributed by atoms with van der Waals surface area (Å²) in [5, 5.41) is 3.07. The molecule has 2 nitrogen and oxygen atoms in total. The summed E-state index contributed by atoms with van der Waals surface area (Å²) >= 11 is 0. The highest BCUT2D eigenvalue weighted by atomic mass is 19.1. The molecule has 0 saturated heterocycles. The van der Waals surface area contributed by atoms with Crippen LogP contribution in [-0.4, -0.2) is 19.6 Å². The smallest absolute Gasteiger partial charge is 0.129 e. The zero-order chi connectivity index (χ0) is 13.0. The molecule has 1 fully saturated rings. The molecule has 0 radical (unpaired) electrons. The number of hydrogen-bond donors (Lipinski definition) is 1. The molecule has 1 N–H and O–H groups in total. The van der Waals surface area contributed by atoms with E-state index >= 15 is 0 Å². The van der Waals surface area contributed by atoms with Crippen LogP contribution < -0.4 is 10.2 Å². The summed E-state index contributed by atoms with van der Waals surface area (Å²) in [6, 6.07) is 6.02. The van der Waals surface area contributed by atoms with Crippen molar-refractivity contribution in [3.05, 3.63) is 29.6 Å². The topological polar surface area (TPSA) is 15.3 Å². The van der Waals surface area contributed by atoms with Crippen molar-refractivity contribution in [2.24, 2.45) is 0 Å². The van der Waals surface area contributed by atoms with Gasteiger partial charge in [0.25, 0.3) is 0 Å². The average Bonchev–Trinajstić information content (AvgIpc) is 2.88. The highest BCUT2D eigenvalue weighted by Gasteiger charge is 2.24. The van der Waals surface area contributed by atoms with E-state index in [9.17, 15) is 4.39 Å². The first kappa shape index (κ1) is 13.3. The lowest BCUT2D eigenvalue weighted by molar-refractivity contribution is 0.584. The Morgan fingerprint density at radius 3 is 2.67 bits per heavy atom. The maximum Gasteiger partial charge on any atom is 0.129 e. The lowest BCUT2D eigenvalue weighted by atomic mass is 10.1. The lowest BCUT2D eigenvalue weighted by Crippen LogP contribution is -2.34. The number of halogens is 1. The van der Waals surface area contributed by atoms with Crippen molar-refractivity contribution in [1.82, 2.24) is 5.32 Å². The molecule has 0 amide bonds. The quantitative estimate of drug-likeness (QED) is 0.862. The van der Waals surface area contributed by atoms with E-state index in [0.29, 0.717) is 12.6 Å². The van der Waals surface area contributed by atoms with Crippen LogP contribution in [0.2, 0.25) is 0 Å². The van der Waals surface area contributed by atoms with E-state index in [2.05, 4.69) is 23.2 Å². The molecule has 0 bridgehead atoms. The van der Waals surface area contributed by atoms with E-state index in [0.717, 1.165) is 17.8 Å². The van der Waals surface area contributed by atoms with Gasteiger partial charge in [0.2, 0.25) is 0 Å². The van der Waals surface area contributed by atoms with E-state index in [1.54, 1.807) is 6.07 Å². The number of rotatable bonds is 5. The van der Waals surface area contributed by atoms with E-state index in [4.69, 9.17) is 0 Å². The minimum atomic E-state index is -0.0988. The van der Waals surface area contributed by atoms with Gasteiger partial charge in [-0.3, -0.25) is 0 Å². The second kappa shape index (κ2) is 6.19. The molecule has 0 heterocycles. The molecule has 0 aliphatic heterocycles. The van der Waals surface area contributed by atoms with Crippen molar-refractivity contribution in [1.29, 1.82) is 0 Å². The maximum absolute atomic E-state index is 14.0. The van der Waals surface area contributed by atoms with E-state index < -0.39 is 0 Å². The SMILES string of the molecule is CCN(c1cccc(F)c1CNC)C1CCCC1. The third-order valence-corrected chi connectivity index (χ3v) is 3.86. The summed E-state index contributed by atoms with van der Waals surface area (Å²) in [4.78, 5) is 2.38. The molecule has 0 unspecified atom stereocenters. The van der Waals surface area contributed by atoms with Gasteiger partial charge in [0.1, 0.15) is 5.82 Å². The van der Waals surface area contributed by atoms with Crippen LogP contribution in [0, 0.1) is 5.82 Å². The summed E-state index contributed by atoms with van der Waals surface area (Å²) in [7, 11) is 1.86. The Bertz CT molecular complexity index is 386. The summed E-state index contributed by atoms with van der Waals surface area (Å²) in [5.41, 5.74) is 1.87. The van der Waals surface area contributed by atoms with Gasteiger partial charge in [-0.2, -0.15) is 0 Å². The molecular formula is C15H23FN2.